The first-order chi connectivity index (χ1) is 14.9. The molecule has 3 fully saturated rings. The minimum atomic E-state index is -4.39. The Hall–Kier alpha value is -0.650. The second-order valence-corrected chi connectivity index (χ2v) is 13.3. The van der Waals surface area contributed by atoms with Crippen LogP contribution in [-0.2, 0) is 14.6 Å². The van der Waals surface area contributed by atoms with E-state index >= 15 is 0 Å². The van der Waals surface area contributed by atoms with Crippen LogP contribution in [0.5, 0.6) is 0 Å². The molecule has 0 radical (unpaired) electrons. The van der Waals surface area contributed by atoms with Gasteiger partial charge in [0.05, 0.1) is 6.10 Å². The number of allylic oxidation sites excluding steroid dienone is 3. The van der Waals surface area contributed by atoms with Crippen molar-refractivity contribution in [1.82, 2.24) is 0 Å². The van der Waals surface area contributed by atoms with Crippen LogP contribution in [0, 0.1) is 40.4 Å². The quantitative estimate of drug-likeness (QED) is 0.407. The van der Waals surface area contributed by atoms with E-state index in [0.717, 1.165) is 24.2 Å². The standard InChI is InChI=1S/C27H44O4S/c1-18(2)7-6-8-19(3)23-11-12-24-22-10-9-20-17-21(31-32(28,29)30)13-15-26(20,4)25(22)14-16-27(23,24)5/h9-10,18-19,21,23-25H,6-8,11-17H2,1-5H3,(H,28,29,30)/t19-,21+,23-,24+,25+,26+,27-/m1/s1. The van der Waals surface area contributed by atoms with Gasteiger partial charge in [0, 0.05) is 0 Å². The van der Waals surface area contributed by atoms with Crippen molar-refractivity contribution in [2.24, 2.45) is 40.4 Å². The van der Waals surface area contributed by atoms with E-state index in [2.05, 4.69) is 46.8 Å². The highest BCUT2D eigenvalue weighted by molar-refractivity contribution is 7.80. The van der Waals surface area contributed by atoms with Gasteiger partial charge in [-0.05, 0) is 85.4 Å². The molecule has 0 saturated heterocycles. The topological polar surface area (TPSA) is 63.6 Å². The van der Waals surface area contributed by atoms with E-state index in [1.807, 2.05) is 0 Å². The van der Waals surface area contributed by atoms with Crippen molar-refractivity contribution in [3.05, 3.63) is 23.3 Å². The molecule has 5 heteroatoms. The minimum Gasteiger partial charge on any atom is -0.264 e. The maximum Gasteiger partial charge on any atom is 0.397 e. The van der Waals surface area contributed by atoms with E-state index in [9.17, 15) is 8.42 Å². The first-order valence-corrected chi connectivity index (χ1v) is 14.4. The highest BCUT2D eigenvalue weighted by atomic mass is 32.3. The van der Waals surface area contributed by atoms with Crippen LogP contribution in [-0.4, -0.2) is 19.1 Å². The molecule has 7 atom stereocenters. The zero-order chi connectivity index (χ0) is 23.3. The van der Waals surface area contributed by atoms with Crippen molar-refractivity contribution in [3.63, 3.8) is 0 Å². The molecule has 0 amide bonds. The second kappa shape index (κ2) is 8.85. The molecule has 4 nitrogen and oxygen atoms in total. The Balaban J connectivity index is 1.51. The maximum absolute atomic E-state index is 11.2. The van der Waals surface area contributed by atoms with Crippen LogP contribution in [0.3, 0.4) is 0 Å². The summed E-state index contributed by atoms with van der Waals surface area (Å²) in [5.41, 5.74) is 3.51. The molecular weight excluding hydrogens is 420 g/mol. The van der Waals surface area contributed by atoms with E-state index in [0.29, 0.717) is 30.1 Å². The molecule has 182 valence electrons. The van der Waals surface area contributed by atoms with Gasteiger partial charge >= 0.3 is 10.4 Å². The highest BCUT2D eigenvalue weighted by Crippen LogP contribution is 2.66. The largest absolute Gasteiger partial charge is 0.397 e. The van der Waals surface area contributed by atoms with Gasteiger partial charge in [0.25, 0.3) is 0 Å². The lowest BCUT2D eigenvalue weighted by Gasteiger charge is -2.55. The monoisotopic (exact) mass is 464 g/mol. The van der Waals surface area contributed by atoms with Crippen LogP contribution >= 0.6 is 0 Å². The van der Waals surface area contributed by atoms with Crippen LogP contribution in [0.25, 0.3) is 0 Å². The van der Waals surface area contributed by atoms with Crippen molar-refractivity contribution < 1.29 is 17.2 Å². The third-order valence-electron chi connectivity index (χ3n) is 9.98. The van der Waals surface area contributed by atoms with Crippen LogP contribution in [0.2, 0.25) is 0 Å². The van der Waals surface area contributed by atoms with E-state index in [1.165, 1.54) is 50.5 Å². The summed E-state index contributed by atoms with van der Waals surface area (Å²) in [6.07, 6.45) is 15.8. The first-order valence-electron chi connectivity index (χ1n) is 13.0. The van der Waals surface area contributed by atoms with Gasteiger partial charge in [-0.2, -0.15) is 8.42 Å². The smallest absolute Gasteiger partial charge is 0.264 e. The van der Waals surface area contributed by atoms with E-state index in [1.54, 1.807) is 5.57 Å². The van der Waals surface area contributed by atoms with Crippen molar-refractivity contribution in [2.75, 3.05) is 0 Å². The van der Waals surface area contributed by atoms with Gasteiger partial charge in [-0.25, -0.2) is 4.18 Å². The molecule has 4 aliphatic carbocycles. The number of fused-ring (bicyclic) bond motifs is 5. The maximum atomic E-state index is 11.2. The van der Waals surface area contributed by atoms with Gasteiger partial charge in [-0.15, -0.1) is 0 Å². The average Bonchev–Trinajstić information content (AvgIpc) is 3.04. The highest BCUT2D eigenvalue weighted by Gasteiger charge is 2.57. The Bertz CT molecular complexity index is 872. The Morgan fingerprint density at radius 1 is 1.03 bits per heavy atom. The average molecular weight is 465 g/mol. The van der Waals surface area contributed by atoms with Crippen LogP contribution in [0.15, 0.2) is 23.3 Å². The Morgan fingerprint density at radius 3 is 2.47 bits per heavy atom. The predicted molar refractivity (Wildman–Crippen MR) is 129 cm³/mol. The summed E-state index contributed by atoms with van der Waals surface area (Å²) >= 11 is 0. The summed E-state index contributed by atoms with van der Waals surface area (Å²) in [6, 6.07) is 0. The second-order valence-electron chi connectivity index (χ2n) is 12.3. The van der Waals surface area contributed by atoms with Gasteiger partial charge in [-0.1, -0.05) is 77.2 Å². The molecule has 0 aromatic heterocycles. The molecule has 0 heterocycles. The summed E-state index contributed by atoms with van der Waals surface area (Å²) in [5, 5.41) is 0. The molecule has 0 aliphatic heterocycles. The normalized spacial score (nSPS) is 40.2. The lowest BCUT2D eigenvalue weighted by atomic mass is 9.50. The minimum absolute atomic E-state index is 0.103. The summed E-state index contributed by atoms with van der Waals surface area (Å²) in [6.45, 7) is 12.2. The van der Waals surface area contributed by atoms with E-state index < -0.39 is 16.5 Å². The van der Waals surface area contributed by atoms with E-state index in [4.69, 9.17) is 8.74 Å². The molecular formula is C27H44O4S. The Kier molecular flexibility index (Phi) is 6.77. The molecule has 4 rings (SSSR count). The molecule has 0 aromatic rings. The first kappa shape index (κ1) is 24.5. The number of rotatable bonds is 7. The van der Waals surface area contributed by atoms with Crippen LogP contribution in [0.1, 0.15) is 98.8 Å². The fraction of sp³-hybridized carbons (Fsp3) is 0.852. The number of hydrogen-bond acceptors (Lipinski definition) is 3. The molecule has 0 aromatic carbocycles. The zero-order valence-electron chi connectivity index (χ0n) is 20.8. The lowest BCUT2D eigenvalue weighted by Crippen LogP contribution is -2.46. The summed E-state index contributed by atoms with van der Waals surface area (Å²) in [7, 11) is -4.39. The Morgan fingerprint density at radius 2 is 1.78 bits per heavy atom. The molecule has 3 saturated carbocycles. The van der Waals surface area contributed by atoms with E-state index in [-0.39, 0.29) is 5.41 Å². The third-order valence-corrected chi connectivity index (χ3v) is 10.5. The lowest BCUT2D eigenvalue weighted by molar-refractivity contribution is 0.0354. The predicted octanol–water partition coefficient (Wildman–Crippen LogP) is 7.14. The third kappa shape index (κ3) is 4.51. The fourth-order valence-electron chi connectivity index (χ4n) is 8.25. The Labute approximate surface area is 196 Å². The summed E-state index contributed by atoms with van der Waals surface area (Å²) in [4.78, 5) is 0. The molecule has 0 spiro atoms. The van der Waals surface area contributed by atoms with Crippen LogP contribution in [0.4, 0.5) is 0 Å². The van der Waals surface area contributed by atoms with Crippen molar-refractivity contribution >= 4 is 10.4 Å². The van der Waals surface area contributed by atoms with Gasteiger partial charge in [0.15, 0.2) is 0 Å². The summed E-state index contributed by atoms with van der Waals surface area (Å²) < 4.78 is 36.5. The van der Waals surface area contributed by atoms with Gasteiger partial charge < -0.3 is 0 Å². The molecule has 32 heavy (non-hydrogen) atoms. The summed E-state index contributed by atoms with van der Waals surface area (Å²) in [5.74, 6) is 3.71. The van der Waals surface area contributed by atoms with Gasteiger partial charge in [0.2, 0.25) is 0 Å². The number of hydrogen-bond donors (Lipinski definition) is 1. The fourth-order valence-corrected chi connectivity index (χ4v) is 8.76. The molecule has 1 N–H and O–H groups in total. The van der Waals surface area contributed by atoms with Crippen molar-refractivity contribution in [1.29, 1.82) is 0 Å². The van der Waals surface area contributed by atoms with Gasteiger partial charge in [0.1, 0.15) is 0 Å². The zero-order valence-corrected chi connectivity index (χ0v) is 21.6. The molecule has 4 aliphatic rings. The molecule has 0 unspecified atom stereocenters. The SMILES string of the molecule is CC(C)CCC[C@@H](C)[C@H]1CC[C@H]2C3=CC=C4C[C@@H](OS(=O)(=O)O)CC[C@]4(C)[C@H]3CC[C@]12C. The van der Waals surface area contributed by atoms with Crippen molar-refractivity contribution in [2.45, 2.75) is 105 Å². The van der Waals surface area contributed by atoms with Crippen molar-refractivity contribution in [3.8, 4) is 0 Å². The van der Waals surface area contributed by atoms with Gasteiger partial charge in [-0.3, -0.25) is 4.55 Å². The molecule has 0 bridgehead atoms. The van der Waals surface area contributed by atoms with Crippen LogP contribution < -0.4 is 0 Å².